The van der Waals surface area contributed by atoms with Gasteiger partial charge in [0.2, 0.25) is 0 Å². The van der Waals surface area contributed by atoms with Crippen LogP contribution in [0.1, 0.15) is 16.7 Å². The molecular formula is C21H21ClS. The van der Waals surface area contributed by atoms with Crippen LogP contribution in [-0.2, 0) is 10.9 Å². The Morgan fingerprint density at radius 1 is 0.609 bits per heavy atom. The van der Waals surface area contributed by atoms with E-state index in [4.69, 9.17) is 0 Å². The molecule has 118 valence electrons. The monoisotopic (exact) mass is 340 g/mol. The fourth-order valence-corrected chi connectivity index (χ4v) is 5.34. The van der Waals surface area contributed by atoms with Crippen molar-refractivity contribution < 1.29 is 12.4 Å². The predicted octanol–water partition coefficient (Wildman–Crippen LogP) is 2.71. The lowest BCUT2D eigenvalue weighted by Gasteiger charge is -2.13. The summed E-state index contributed by atoms with van der Waals surface area (Å²) < 4.78 is 0. The highest BCUT2D eigenvalue weighted by molar-refractivity contribution is 7.97. The molecule has 0 heterocycles. The first kappa shape index (κ1) is 17.7. The zero-order valence-electron chi connectivity index (χ0n) is 13.7. The summed E-state index contributed by atoms with van der Waals surface area (Å²) in [5, 5.41) is 0. The molecule has 0 aromatic heterocycles. The fourth-order valence-electron chi connectivity index (χ4n) is 2.97. The van der Waals surface area contributed by atoms with Crippen molar-refractivity contribution in [2.24, 2.45) is 0 Å². The molecule has 0 saturated carbocycles. The standard InChI is InChI=1S/C21H21S.ClH/c1-16-14-17(2)21(18(3)15-16)22(19-10-6-4-7-11-19)20-12-8-5-9-13-20;/h4-15H,1-3H3;1H/q+1;/p-1. The zero-order chi connectivity index (χ0) is 15.5. The van der Waals surface area contributed by atoms with Crippen LogP contribution >= 0.6 is 0 Å². The first-order valence-electron chi connectivity index (χ1n) is 7.59. The molecular weight excluding hydrogens is 320 g/mol. The summed E-state index contributed by atoms with van der Waals surface area (Å²) in [6.45, 7) is 6.65. The maximum atomic E-state index is 2.30. The quantitative estimate of drug-likeness (QED) is 0.643. The van der Waals surface area contributed by atoms with Crippen LogP contribution in [0, 0.1) is 20.8 Å². The average molecular weight is 341 g/mol. The van der Waals surface area contributed by atoms with Crippen LogP contribution in [0.2, 0.25) is 0 Å². The van der Waals surface area contributed by atoms with E-state index in [1.807, 2.05) is 0 Å². The van der Waals surface area contributed by atoms with Crippen LogP contribution < -0.4 is 12.4 Å². The molecule has 0 aliphatic rings. The number of aryl methyl sites for hydroxylation is 3. The van der Waals surface area contributed by atoms with Gasteiger partial charge in [0, 0.05) is 11.1 Å². The van der Waals surface area contributed by atoms with Gasteiger partial charge in [-0.15, -0.1) is 0 Å². The van der Waals surface area contributed by atoms with Gasteiger partial charge in [-0.1, -0.05) is 54.1 Å². The maximum Gasteiger partial charge on any atom is 0.172 e. The summed E-state index contributed by atoms with van der Waals surface area (Å²) in [6.07, 6.45) is 0. The van der Waals surface area contributed by atoms with Crippen molar-refractivity contribution in [3.8, 4) is 0 Å². The molecule has 0 aliphatic heterocycles. The Balaban J connectivity index is 0.00000192. The van der Waals surface area contributed by atoms with Crippen molar-refractivity contribution in [1.29, 1.82) is 0 Å². The molecule has 0 fully saturated rings. The average Bonchev–Trinajstić information content (AvgIpc) is 2.52. The molecule has 0 unspecified atom stereocenters. The summed E-state index contributed by atoms with van der Waals surface area (Å²) in [5.74, 6) is 0. The first-order valence-corrected chi connectivity index (χ1v) is 8.81. The second-order valence-electron chi connectivity index (χ2n) is 5.66. The molecule has 0 bridgehead atoms. The van der Waals surface area contributed by atoms with Gasteiger partial charge < -0.3 is 12.4 Å². The van der Waals surface area contributed by atoms with E-state index < -0.39 is 0 Å². The SMILES string of the molecule is Cc1cc(C)c([S+](c2ccccc2)c2ccccc2)c(C)c1.[Cl-]. The van der Waals surface area contributed by atoms with E-state index in [1.54, 1.807) is 0 Å². The zero-order valence-corrected chi connectivity index (χ0v) is 15.3. The molecule has 3 rings (SSSR count). The molecule has 0 amide bonds. The summed E-state index contributed by atoms with van der Waals surface area (Å²) in [5.41, 5.74) is 4.10. The van der Waals surface area contributed by atoms with Crippen LogP contribution in [0.25, 0.3) is 0 Å². The van der Waals surface area contributed by atoms with Gasteiger partial charge in [-0.2, -0.15) is 0 Å². The summed E-state index contributed by atoms with van der Waals surface area (Å²) in [4.78, 5) is 4.22. The fraction of sp³-hybridized carbons (Fsp3) is 0.143. The maximum absolute atomic E-state index is 2.30. The van der Waals surface area contributed by atoms with Crippen LogP contribution in [0.3, 0.4) is 0 Å². The normalized spacial score (nSPS) is 10.4. The van der Waals surface area contributed by atoms with Gasteiger partial charge in [0.15, 0.2) is 14.7 Å². The second kappa shape index (κ2) is 7.72. The van der Waals surface area contributed by atoms with Gasteiger partial charge in [0.25, 0.3) is 0 Å². The Morgan fingerprint density at radius 3 is 1.39 bits per heavy atom. The van der Waals surface area contributed by atoms with Crippen LogP contribution in [0.5, 0.6) is 0 Å². The topological polar surface area (TPSA) is 0 Å². The van der Waals surface area contributed by atoms with E-state index in [1.165, 1.54) is 31.4 Å². The van der Waals surface area contributed by atoms with Crippen LogP contribution in [0.4, 0.5) is 0 Å². The first-order chi connectivity index (χ1) is 10.7. The van der Waals surface area contributed by atoms with Crippen LogP contribution in [0.15, 0.2) is 87.5 Å². The highest BCUT2D eigenvalue weighted by atomic mass is 35.5. The van der Waals surface area contributed by atoms with Crippen molar-refractivity contribution in [1.82, 2.24) is 0 Å². The minimum Gasteiger partial charge on any atom is -1.00 e. The molecule has 0 spiro atoms. The van der Waals surface area contributed by atoms with Gasteiger partial charge in [0.05, 0.1) is 10.9 Å². The highest BCUT2D eigenvalue weighted by Gasteiger charge is 2.31. The molecule has 3 aromatic rings. The summed E-state index contributed by atoms with van der Waals surface area (Å²) >= 11 is 0. The summed E-state index contributed by atoms with van der Waals surface area (Å²) in [6, 6.07) is 26.3. The van der Waals surface area contributed by atoms with E-state index in [9.17, 15) is 0 Å². The van der Waals surface area contributed by atoms with Gasteiger partial charge in [-0.3, -0.25) is 0 Å². The lowest BCUT2D eigenvalue weighted by molar-refractivity contribution is -0.00000466. The molecule has 0 atom stereocenters. The largest absolute Gasteiger partial charge is 1.00 e. The molecule has 0 N–H and O–H groups in total. The lowest BCUT2D eigenvalue weighted by atomic mass is 10.1. The number of halogens is 1. The number of rotatable bonds is 3. The minimum absolute atomic E-state index is 0. The van der Waals surface area contributed by atoms with Crippen LogP contribution in [-0.4, -0.2) is 0 Å². The van der Waals surface area contributed by atoms with E-state index in [0.717, 1.165) is 0 Å². The smallest absolute Gasteiger partial charge is 0.172 e. The highest BCUT2D eigenvalue weighted by Crippen LogP contribution is 2.35. The van der Waals surface area contributed by atoms with Gasteiger partial charge in [0.1, 0.15) is 0 Å². The Kier molecular flexibility index (Phi) is 5.92. The minimum atomic E-state index is -0.0460. The Bertz CT molecular complexity index is 704. The van der Waals surface area contributed by atoms with Gasteiger partial charge in [-0.05, 0) is 45.0 Å². The molecule has 2 heteroatoms. The molecule has 0 nitrogen and oxygen atoms in total. The predicted molar refractivity (Wildman–Crippen MR) is 95.7 cm³/mol. The van der Waals surface area contributed by atoms with Gasteiger partial charge >= 0.3 is 0 Å². The molecule has 0 radical (unpaired) electrons. The van der Waals surface area contributed by atoms with E-state index in [-0.39, 0.29) is 23.3 Å². The van der Waals surface area contributed by atoms with Crippen molar-refractivity contribution in [2.75, 3.05) is 0 Å². The van der Waals surface area contributed by atoms with Crippen molar-refractivity contribution >= 4 is 10.9 Å². The van der Waals surface area contributed by atoms with Crippen molar-refractivity contribution in [3.05, 3.63) is 89.5 Å². The second-order valence-corrected chi connectivity index (χ2v) is 7.62. The molecule has 0 aliphatic carbocycles. The molecule has 0 saturated heterocycles. The van der Waals surface area contributed by atoms with E-state index in [0.29, 0.717) is 0 Å². The lowest BCUT2D eigenvalue weighted by Crippen LogP contribution is -3.00. The third kappa shape index (κ3) is 3.80. The molecule has 3 aromatic carbocycles. The number of hydrogen-bond donors (Lipinski definition) is 0. The molecule has 23 heavy (non-hydrogen) atoms. The van der Waals surface area contributed by atoms with Crippen molar-refractivity contribution in [2.45, 2.75) is 35.5 Å². The Labute approximate surface area is 148 Å². The van der Waals surface area contributed by atoms with E-state index >= 15 is 0 Å². The number of benzene rings is 3. The van der Waals surface area contributed by atoms with Gasteiger partial charge in [-0.25, -0.2) is 0 Å². The van der Waals surface area contributed by atoms with E-state index in [2.05, 4.69) is 93.6 Å². The third-order valence-electron chi connectivity index (χ3n) is 3.77. The number of hydrogen-bond acceptors (Lipinski definition) is 0. The Morgan fingerprint density at radius 2 is 1.00 bits per heavy atom. The Hall–Kier alpha value is -1.70. The third-order valence-corrected chi connectivity index (χ3v) is 6.31. The summed E-state index contributed by atoms with van der Waals surface area (Å²) in [7, 11) is -0.0460. The van der Waals surface area contributed by atoms with Crippen molar-refractivity contribution in [3.63, 3.8) is 0 Å².